The summed E-state index contributed by atoms with van der Waals surface area (Å²) in [4.78, 5) is 0. The molecule has 7 heavy (non-hydrogen) atoms. The van der Waals surface area contributed by atoms with Crippen molar-refractivity contribution in [2.75, 3.05) is 6.61 Å². The van der Waals surface area contributed by atoms with Crippen LogP contribution in [-0.4, -0.2) is 17.9 Å². The first-order valence-electron chi connectivity index (χ1n) is 2.13. The lowest BCUT2D eigenvalue weighted by Gasteiger charge is -1.86. The van der Waals surface area contributed by atoms with Crippen LogP contribution < -0.4 is 0 Å². The van der Waals surface area contributed by atoms with E-state index in [-0.39, 0.29) is 5.38 Å². The molecule has 1 aliphatic rings. The van der Waals surface area contributed by atoms with Crippen molar-refractivity contribution in [2.24, 2.45) is 0 Å². The molecule has 1 unspecified atom stereocenters. The summed E-state index contributed by atoms with van der Waals surface area (Å²) in [5.74, 6) is 0.319. The SMILES string of the molecule is N=C1CC(Cl)CO1. The van der Waals surface area contributed by atoms with E-state index in [1.165, 1.54) is 0 Å². The van der Waals surface area contributed by atoms with Crippen molar-refractivity contribution < 1.29 is 4.74 Å². The van der Waals surface area contributed by atoms with Crippen molar-refractivity contribution >= 4 is 17.5 Å². The lowest BCUT2D eigenvalue weighted by Crippen LogP contribution is -1.92. The highest BCUT2D eigenvalue weighted by Crippen LogP contribution is 2.11. The minimum Gasteiger partial charge on any atom is -0.480 e. The van der Waals surface area contributed by atoms with E-state index in [1.807, 2.05) is 0 Å². The van der Waals surface area contributed by atoms with E-state index in [2.05, 4.69) is 0 Å². The third-order valence-electron chi connectivity index (χ3n) is 0.845. The maximum absolute atomic E-state index is 6.87. The van der Waals surface area contributed by atoms with E-state index in [0.717, 1.165) is 0 Å². The quantitative estimate of drug-likeness (QED) is 0.474. The number of hydrogen-bond donors (Lipinski definition) is 1. The molecule has 0 spiro atoms. The second-order valence-electron chi connectivity index (χ2n) is 1.54. The average molecular weight is 120 g/mol. The second kappa shape index (κ2) is 1.70. The molecule has 1 rings (SSSR count). The van der Waals surface area contributed by atoms with Crippen molar-refractivity contribution in [1.82, 2.24) is 0 Å². The van der Waals surface area contributed by atoms with E-state index in [9.17, 15) is 0 Å². The summed E-state index contributed by atoms with van der Waals surface area (Å²) in [6, 6.07) is 0. The Kier molecular flexibility index (Phi) is 1.19. The third kappa shape index (κ3) is 1.06. The third-order valence-corrected chi connectivity index (χ3v) is 1.13. The Morgan fingerprint density at radius 3 is 2.71 bits per heavy atom. The minimum atomic E-state index is 0.0486. The monoisotopic (exact) mass is 119 g/mol. The molecule has 2 nitrogen and oxygen atoms in total. The molecule has 0 aromatic carbocycles. The zero-order chi connectivity index (χ0) is 5.28. The summed E-state index contributed by atoms with van der Waals surface area (Å²) >= 11 is 5.54. The normalized spacial score (nSPS) is 30.4. The fraction of sp³-hybridized carbons (Fsp3) is 0.750. The van der Waals surface area contributed by atoms with E-state index in [1.54, 1.807) is 0 Å². The molecular weight excluding hydrogens is 114 g/mol. The molecule has 3 heteroatoms. The van der Waals surface area contributed by atoms with Crippen molar-refractivity contribution in [3.8, 4) is 0 Å². The first kappa shape index (κ1) is 4.91. The van der Waals surface area contributed by atoms with Crippen molar-refractivity contribution in [2.45, 2.75) is 11.8 Å². The molecule has 0 amide bonds. The minimum absolute atomic E-state index is 0.0486. The van der Waals surface area contributed by atoms with Gasteiger partial charge in [0.2, 0.25) is 0 Å². The fourth-order valence-electron chi connectivity index (χ4n) is 0.510. The largest absolute Gasteiger partial charge is 0.480 e. The summed E-state index contributed by atoms with van der Waals surface area (Å²) in [6.07, 6.45) is 0.599. The summed E-state index contributed by atoms with van der Waals surface area (Å²) < 4.78 is 4.72. The second-order valence-corrected chi connectivity index (χ2v) is 2.15. The molecule has 0 radical (unpaired) electrons. The van der Waals surface area contributed by atoms with Gasteiger partial charge in [0.05, 0.1) is 5.38 Å². The van der Waals surface area contributed by atoms with Gasteiger partial charge in [-0.15, -0.1) is 11.6 Å². The van der Waals surface area contributed by atoms with Crippen molar-refractivity contribution in [1.29, 1.82) is 5.41 Å². The predicted octanol–water partition coefficient (Wildman–Crippen LogP) is 0.991. The van der Waals surface area contributed by atoms with E-state index < -0.39 is 0 Å². The standard InChI is InChI=1S/C4H6ClNO/c5-3-1-4(6)7-2-3/h3,6H,1-2H2. The molecule has 0 bridgehead atoms. The average Bonchev–Trinajstić information content (AvgIpc) is 1.87. The van der Waals surface area contributed by atoms with E-state index in [0.29, 0.717) is 18.9 Å². The van der Waals surface area contributed by atoms with Gasteiger partial charge in [-0.05, 0) is 0 Å². The van der Waals surface area contributed by atoms with Crippen LogP contribution in [0, 0.1) is 5.41 Å². The molecule has 1 atom stereocenters. The molecule has 0 aliphatic carbocycles. The number of ether oxygens (including phenoxy) is 1. The van der Waals surface area contributed by atoms with Gasteiger partial charge in [-0.3, -0.25) is 5.41 Å². The van der Waals surface area contributed by atoms with Crippen molar-refractivity contribution in [3.05, 3.63) is 0 Å². The topological polar surface area (TPSA) is 33.1 Å². The Balaban J connectivity index is 2.40. The van der Waals surface area contributed by atoms with Crippen LogP contribution in [0.25, 0.3) is 0 Å². The first-order chi connectivity index (χ1) is 3.29. The van der Waals surface area contributed by atoms with Gasteiger partial charge in [-0.2, -0.15) is 0 Å². The molecule has 0 saturated carbocycles. The molecule has 1 heterocycles. The van der Waals surface area contributed by atoms with E-state index in [4.69, 9.17) is 21.7 Å². The number of rotatable bonds is 0. The zero-order valence-electron chi connectivity index (χ0n) is 3.78. The Morgan fingerprint density at radius 2 is 2.57 bits per heavy atom. The molecule has 0 aromatic rings. The van der Waals surface area contributed by atoms with Crippen LogP contribution in [0.4, 0.5) is 0 Å². The summed E-state index contributed by atoms with van der Waals surface area (Å²) in [5.41, 5.74) is 0. The van der Waals surface area contributed by atoms with E-state index >= 15 is 0 Å². The molecule has 0 aromatic heterocycles. The first-order valence-corrected chi connectivity index (χ1v) is 2.57. The van der Waals surface area contributed by atoms with Crippen LogP contribution in [-0.2, 0) is 4.74 Å². The predicted molar refractivity (Wildman–Crippen MR) is 27.9 cm³/mol. The van der Waals surface area contributed by atoms with Gasteiger partial charge in [-0.1, -0.05) is 0 Å². The lowest BCUT2D eigenvalue weighted by molar-refractivity contribution is 0.343. The molecule has 1 saturated heterocycles. The Bertz CT molecular complexity index is 93.7. The number of halogens is 1. The zero-order valence-corrected chi connectivity index (χ0v) is 4.53. The Hall–Kier alpha value is -0.240. The van der Waals surface area contributed by atoms with Gasteiger partial charge in [0, 0.05) is 6.42 Å². The highest BCUT2D eigenvalue weighted by molar-refractivity contribution is 6.22. The molecular formula is C4H6ClNO. The molecule has 1 fully saturated rings. The van der Waals surface area contributed by atoms with Crippen LogP contribution >= 0.6 is 11.6 Å². The highest BCUT2D eigenvalue weighted by atomic mass is 35.5. The summed E-state index contributed by atoms with van der Waals surface area (Å²) in [7, 11) is 0. The molecule has 1 aliphatic heterocycles. The molecule has 1 N–H and O–H groups in total. The van der Waals surface area contributed by atoms with Crippen LogP contribution in [0.5, 0.6) is 0 Å². The molecule has 40 valence electrons. The van der Waals surface area contributed by atoms with Crippen LogP contribution in [0.15, 0.2) is 0 Å². The van der Waals surface area contributed by atoms with Gasteiger partial charge in [0.15, 0.2) is 5.90 Å². The van der Waals surface area contributed by atoms with Crippen LogP contribution in [0.3, 0.4) is 0 Å². The van der Waals surface area contributed by atoms with Crippen molar-refractivity contribution in [3.63, 3.8) is 0 Å². The van der Waals surface area contributed by atoms with Gasteiger partial charge in [0.25, 0.3) is 0 Å². The van der Waals surface area contributed by atoms with Crippen LogP contribution in [0.1, 0.15) is 6.42 Å². The maximum Gasteiger partial charge on any atom is 0.182 e. The smallest absolute Gasteiger partial charge is 0.182 e. The van der Waals surface area contributed by atoms with Crippen LogP contribution in [0.2, 0.25) is 0 Å². The van der Waals surface area contributed by atoms with Gasteiger partial charge >= 0.3 is 0 Å². The lowest BCUT2D eigenvalue weighted by atomic mass is 10.4. The summed E-state index contributed by atoms with van der Waals surface area (Å²) in [5, 5.41) is 6.92. The Labute approximate surface area is 46.9 Å². The number of hydrogen-bond acceptors (Lipinski definition) is 2. The fourth-order valence-corrected chi connectivity index (χ4v) is 0.713. The van der Waals surface area contributed by atoms with Gasteiger partial charge in [0.1, 0.15) is 6.61 Å². The van der Waals surface area contributed by atoms with Gasteiger partial charge < -0.3 is 4.74 Å². The Morgan fingerprint density at radius 1 is 1.86 bits per heavy atom. The highest BCUT2D eigenvalue weighted by Gasteiger charge is 2.17. The van der Waals surface area contributed by atoms with Gasteiger partial charge in [-0.25, -0.2) is 0 Å². The number of nitrogens with one attached hydrogen (secondary N) is 1. The number of alkyl halides is 1. The maximum atomic E-state index is 6.87. The summed E-state index contributed by atoms with van der Waals surface area (Å²) in [6.45, 7) is 0.514.